The molecule has 35 heavy (non-hydrogen) atoms. The van der Waals surface area contributed by atoms with Gasteiger partial charge < -0.3 is 24.8 Å². The Balaban J connectivity index is 1.34. The van der Waals surface area contributed by atoms with E-state index in [1.165, 1.54) is 39.6 Å². The van der Waals surface area contributed by atoms with Gasteiger partial charge in [0.15, 0.2) is 0 Å². The van der Waals surface area contributed by atoms with Crippen LogP contribution in [0.5, 0.6) is 0 Å². The third kappa shape index (κ3) is 4.21. The van der Waals surface area contributed by atoms with Gasteiger partial charge >= 0.3 is 6.03 Å². The van der Waals surface area contributed by atoms with E-state index < -0.39 is 0 Å². The molecule has 5 heterocycles. The van der Waals surface area contributed by atoms with Gasteiger partial charge in [-0.2, -0.15) is 0 Å². The Morgan fingerprint density at radius 2 is 2.06 bits per heavy atom. The molecule has 1 atom stereocenters. The molecular weight excluding hydrogens is 438 g/mol. The lowest BCUT2D eigenvalue weighted by molar-refractivity contribution is -0.0767. The summed E-state index contributed by atoms with van der Waals surface area (Å²) >= 11 is 0. The topological polar surface area (TPSA) is 73.5 Å². The first kappa shape index (κ1) is 22.6. The molecule has 7 heteroatoms. The number of hydrogen-bond donors (Lipinski definition) is 2. The van der Waals surface area contributed by atoms with Gasteiger partial charge in [-0.15, -0.1) is 0 Å². The second kappa shape index (κ2) is 8.64. The molecule has 0 saturated carbocycles. The van der Waals surface area contributed by atoms with Crippen molar-refractivity contribution in [1.29, 1.82) is 0 Å². The van der Waals surface area contributed by atoms with Crippen LogP contribution < -0.4 is 5.32 Å². The highest BCUT2D eigenvalue weighted by Gasteiger charge is 2.34. The minimum absolute atomic E-state index is 0.138. The van der Waals surface area contributed by atoms with Gasteiger partial charge in [-0.25, -0.2) is 9.78 Å². The molecular formula is C28H35N5O2. The van der Waals surface area contributed by atoms with Crippen molar-refractivity contribution in [3.8, 4) is 11.1 Å². The zero-order chi connectivity index (χ0) is 24.2. The number of ether oxygens (including phenoxy) is 1. The van der Waals surface area contributed by atoms with Gasteiger partial charge in [0.2, 0.25) is 0 Å². The normalized spacial score (nSPS) is 22.0. The number of amides is 2. The number of nitrogens with zero attached hydrogens (tertiary/aromatic N) is 3. The van der Waals surface area contributed by atoms with Crippen molar-refractivity contribution in [1.82, 2.24) is 25.1 Å². The van der Waals surface area contributed by atoms with E-state index in [1.807, 2.05) is 22.2 Å². The van der Waals surface area contributed by atoms with E-state index in [4.69, 9.17) is 4.74 Å². The lowest BCUT2D eigenvalue weighted by atomic mass is 9.87. The summed E-state index contributed by atoms with van der Waals surface area (Å²) in [6, 6.07) is 7.41. The zero-order valence-corrected chi connectivity index (χ0v) is 21.0. The van der Waals surface area contributed by atoms with Crippen molar-refractivity contribution in [2.24, 2.45) is 0 Å². The average molecular weight is 474 g/mol. The Morgan fingerprint density at radius 3 is 2.86 bits per heavy atom. The molecule has 0 aliphatic carbocycles. The van der Waals surface area contributed by atoms with Crippen LogP contribution in [0, 0.1) is 6.92 Å². The van der Waals surface area contributed by atoms with E-state index in [0.29, 0.717) is 32.3 Å². The Morgan fingerprint density at radius 1 is 1.17 bits per heavy atom. The predicted molar refractivity (Wildman–Crippen MR) is 137 cm³/mol. The summed E-state index contributed by atoms with van der Waals surface area (Å²) in [7, 11) is 0. The number of morpholine rings is 1. The Bertz CT molecular complexity index is 1270. The van der Waals surface area contributed by atoms with Crippen molar-refractivity contribution in [3.05, 3.63) is 52.8 Å². The second-order valence-electron chi connectivity index (χ2n) is 10.9. The second-order valence-corrected chi connectivity index (χ2v) is 10.9. The predicted octanol–water partition coefficient (Wildman–Crippen LogP) is 4.55. The fraction of sp³-hybridized carbons (Fsp3) is 0.500. The van der Waals surface area contributed by atoms with Gasteiger partial charge in [-0.1, -0.05) is 6.07 Å². The number of nitrogens with one attached hydrogen (secondary N) is 2. The number of pyridine rings is 1. The fourth-order valence-electron chi connectivity index (χ4n) is 5.96. The third-order valence-electron chi connectivity index (χ3n) is 7.85. The molecule has 1 unspecified atom stereocenters. The molecule has 3 aliphatic rings. The monoisotopic (exact) mass is 473 g/mol. The number of H-pyrrole nitrogens is 1. The summed E-state index contributed by atoms with van der Waals surface area (Å²) in [4.78, 5) is 25.4. The summed E-state index contributed by atoms with van der Waals surface area (Å²) in [6.07, 6.45) is 7.19. The highest BCUT2D eigenvalue weighted by atomic mass is 16.5. The van der Waals surface area contributed by atoms with Crippen LogP contribution in [0.3, 0.4) is 0 Å². The standard InChI is InChI=1S/C28H35N5O2/c1-18-14-30-26-22(18)13-21(15-31-26)20-11-19-6-8-32(27(34)33-9-10-35-28(2,3)17-33)16-24(19)23(12-20)25-5-4-7-29-25/h11-15,25,29H,4-10,16-17H2,1-3H3,(H,30,31). The molecule has 3 aromatic rings. The molecule has 2 N–H and O–H groups in total. The summed E-state index contributed by atoms with van der Waals surface area (Å²) in [5, 5.41) is 4.88. The maximum Gasteiger partial charge on any atom is 0.320 e. The van der Waals surface area contributed by atoms with E-state index in [2.05, 4.69) is 54.3 Å². The van der Waals surface area contributed by atoms with E-state index in [9.17, 15) is 4.79 Å². The average Bonchev–Trinajstić information content (AvgIpc) is 3.52. The van der Waals surface area contributed by atoms with Crippen LogP contribution in [0.15, 0.2) is 30.6 Å². The number of aryl methyl sites for hydroxylation is 1. The number of aromatic amines is 1. The van der Waals surface area contributed by atoms with Crippen molar-refractivity contribution < 1.29 is 9.53 Å². The van der Waals surface area contributed by atoms with E-state index in [1.54, 1.807) is 0 Å². The number of urea groups is 1. The first-order valence-corrected chi connectivity index (χ1v) is 12.9. The zero-order valence-electron chi connectivity index (χ0n) is 21.0. The molecule has 1 aromatic carbocycles. The molecule has 6 rings (SSSR count). The van der Waals surface area contributed by atoms with Crippen molar-refractivity contribution >= 4 is 17.1 Å². The van der Waals surface area contributed by atoms with Gasteiger partial charge in [0.25, 0.3) is 0 Å². The first-order chi connectivity index (χ1) is 16.9. The summed E-state index contributed by atoms with van der Waals surface area (Å²) in [5.74, 6) is 0. The van der Waals surface area contributed by atoms with Crippen molar-refractivity contribution in [3.63, 3.8) is 0 Å². The number of aromatic nitrogens is 2. The van der Waals surface area contributed by atoms with Gasteiger partial charge in [0, 0.05) is 49.0 Å². The van der Waals surface area contributed by atoms with E-state index >= 15 is 0 Å². The highest BCUT2D eigenvalue weighted by molar-refractivity contribution is 5.84. The van der Waals surface area contributed by atoms with Gasteiger partial charge in [0.1, 0.15) is 5.65 Å². The van der Waals surface area contributed by atoms with Crippen LogP contribution in [0.2, 0.25) is 0 Å². The molecule has 7 nitrogen and oxygen atoms in total. The molecule has 2 saturated heterocycles. The van der Waals surface area contributed by atoms with E-state index in [-0.39, 0.29) is 11.6 Å². The third-order valence-corrected chi connectivity index (χ3v) is 7.85. The first-order valence-electron chi connectivity index (χ1n) is 12.9. The highest BCUT2D eigenvalue weighted by Crippen LogP contribution is 2.36. The SMILES string of the molecule is Cc1c[nH]c2ncc(-c3cc4c(c(C5CCCN5)c3)CN(C(=O)N3CCOC(C)(C)C3)CC4)cc12. The molecule has 0 spiro atoms. The minimum Gasteiger partial charge on any atom is -0.372 e. The summed E-state index contributed by atoms with van der Waals surface area (Å²) in [5.41, 5.74) is 8.26. The van der Waals surface area contributed by atoms with Crippen molar-refractivity contribution in [2.75, 3.05) is 32.8 Å². The Labute approximate surface area is 206 Å². The van der Waals surface area contributed by atoms with Crippen LogP contribution in [0.1, 0.15) is 55.0 Å². The number of carbonyl (C=O) groups excluding carboxylic acids is 1. The molecule has 2 aromatic heterocycles. The smallest absolute Gasteiger partial charge is 0.320 e. The molecule has 0 radical (unpaired) electrons. The van der Waals surface area contributed by atoms with Gasteiger partial charge in [0.05, 0.1) is 18.8 Å². The number of benzene rings is 1. The van der Waals surface area contributed by atoms with Crippen LogP contribution >= 0.6 is 0 Å². The lowest BCUT2D eigenvalue weighted by Gasteiger charge is -2.41. The van der Waals surface area contributed by atoms with Crippen LogP contribution in [-0.4, -0.2) is 64.2 Å². The Kier molecular flexibility index (Phi) is 5.57. The van der Waals surface area contributed by atoms with Crippen LogP contribution in [-0.2, 0) is 17.7 Å². The summed E-state index contributed by atoms with van der Waals surface area (Å²) < 4.78 is 5.83. The van der Waals surface area contributed by atoms with Crippen molar-refractivity contribution in [2.45, 2.75) is 58.2 Å². The molecule has 184 valence electrons. The maximum atomic E-state index is 13.5. The van der Waals surface area contributed by atoms with E-state index in [0.717, 1.165) is 37.1 Å². The van der Waals surface area contributed by atoms with Gasteiger partial charge in [-0.05, 0) is 86.5 Å². The Hall–Kier alpha value is -2.90. The number of hydrogen-bond acceptors (Lipinski definition) is 4. The quantitative estimate of drug-likeness (QED) is 0.573. The molecule has 3 aliphatic heterocycles. The number of carbonyl (C=O) groups is 1. The van der Waals surface area contributed by atoms with Crippen LogP contribution in [0.25, 0.3) is 22.2 Å². The number of fused-ring (bicyclic) bond motifs is 2. The number of rotatable bonds is 2. The molecule has 2 amide bonds. The summed E-state index contributed by atoms with van der Waals surface area (Å²) in [6.45, 7) is 10.6. The molecule has 2 fully saturated rings. The largest absolute Gasteiger partial charge is 0.372 e. The molecule has 0 bridgehead atoms. The van der Waals surface area contributed by atoms with Crippen LogP contribution in [0.4, 0.5) is 4.79 Å². The maximum absolute atomic E-state index is 13.5. The fourth-order valence-corrected chi connectivity index (χ4v) is 5.96. The lowest BCUT2D eigenvalue weighted by Crippen LogP contribution is -2.55. The van der Waals surface area contributed by atoms with Gasteiger partial charge in [-0.3, -0.25) is 0 Å². The minimum atomic E-state index is -0.289.